The van der Waals surface area contributed by atoms with Gasteiger partial charge < -0.3 is 4.52 Å². The van der Waals surface area contributed by atoms with E-state index in [-0.39, 0.29) is 6.42 Å². The zero-order valence-electron chi connectivity index (χ0n) is 8.34. The van der Waals surface area contributed by atoms with Gasteiger partial charge in [0.05, 0.1) is 24.1 Å². The van der Waals surface area contributed by atoms with E-state index in [1.165, 1.54) is 0 Å². The largest absolute Gasteiger partial charge is 0.360 e. The standard InChI is InChI=1S/C12H7N3O/c13-6-5-11-7-12(15-16-11)10-3-1-9(8-14)2-4-10/h1-4,7H,5H2. The summed E-state index contributed by atoms with van der Waals surface area (Å²) < 4.78 is 4.98. The fourth-order valence-electron chi connectivity index (χ4n) is 1.33. The number of rotatable bonds is 2. The van der Waals surface area contributed by atoms with Gasteiger partial charge in [-0.05, 0) is 12.1 Å². The number of nitriles is 2. The molecule has 16 heavy (non-hydrogen) atoms. The van der Waals surface area contributed by atoms with E-state index in [4.69, 9.17) is 15.0 Å². The van der Waals surface area contributed by atoms with Crippen molar-refractivity contribution in [2.75, 3.05) is 0 Å². The number of benzene rings is 1. The van der Waals surface area contributed by atoms with Gasteiger partial charge in [-0.2, -0.15) is 10.5 Å². The van der Waals surface area contributed by atoms with Gasteiger partial charge in [0.2, 0.25) is 0 Å². The quantitative estimate of drug-likeness (QED) is 0.760. The van der Waals surface area contributed by atoms with Crippen LogP contribution in [0.25, 0.3) is 11.3 Å². The lowest BCUT2D eigenvalue weighted by molar-refractivity contribution is 0.393. The first-order valence-electron chi connectivity index (χ1n) is 4.66. The lowest BCUT2D eigenvalue weighted by atomic mass is 10.1. The number of hydrogen-bond donors (Lipinski definition) is 0. The number of nitrogens with zero attached hydrogens (tertiary/aromatic N) is 3. The van der Waals surface area contributed by atoms with Gasteiger partial charge in [-0.25, -0.2) is 0 Å². The second-order valence-electron chi connectivity index (χ2n) is 3.20. The average Bonchev–Trinajstić information content (AvgIpc) is 2.78. The zero-order chi connectivity index (χ0) is 11.4. The highest BCUT2D eigenvalue weighted by atomic mass is 16.5. The lowest BCUT2D eigenvalue weighted by Gasteiger charge is -1.93. The third kappa shape index (κ3) is 1.92. The van der Waals surface area contributed by atoms with Crippen molar-refractivity contribution in [2.24, 2.45) is 0 Å². The second-order valence-corrected chi connectivity index (χ2v) is 3.20. The summed E-state index contributed by atoms with van der Waals surface area (Å²) in [5, 5.41) is 21.0. The van der Waals surface area contributed by atoms with E-state index in [2.05, 4.69) is 5.16 Å². The summed E-state index contributed by atoms with van der Waals surface area (Å²) >= 11 is 0. The van der Waals surface area contributed by atoms with Gasteiger partial charge in [0.25, 0.3) is 0 Å². The van der Waals surface area contributed by atoms with Gasteiger partial charge in [-0.3, -0.25) is 0 Å². The van der Waals surface area contributed by atoms with E-state index in [0.29, 0.717) is 17.0 Å². The molecular formula is C12H7N3O. The average molecular weight is 209 g/mol. The molecule has 0 unspecified atom stereocenters. The Balaban J connectivity index is 2.29. The fourth-order valence-corrected chi connectivity index (χ4v) is 1.33. The highest BCUT2D eigenvalue weighted by molar-refractivity contribution is 5.60. The van der Waals surface area contributed by atoms with E-state index >= 15 is 0 Å². The Morgan fingerprint density at radius 1 is 1.19 bits per heavy atom. The van der Waals surface area contributed by atoms with Crippen LogP contribution in [0.4, 0.5) is 0 Å². The van der Waals surface area contributed by atoms with Gasteiger partial charge >= 0.3 is 0 Å². The maximum Gasteiger partial charge on any atom is 0.151 e. The predicted octanol–water partition coefficient (Wildman–Crippen LogP) is 2.28. The normalized spacial score (nSPS) is 9.38. The first kappa shape index (κ1) is 9.95. The molecule has 0 bridgehead atoms. The number of hydrogen-bond acceptors (Lipinski definition) is 4. The highest BCUT2D eigenvalue weighted by Gasteiger charge is 2.05. The molecule has 0 amide bonds. The lowest BCUT2D eigenvalue weighted by Crippen LogP contribution is -1.78. The molecule has 0 radical (unpaired) electrons. The van der Waals surface area contributed by atoms with Crippen LogP contribution in [-0.4, -0.2) is 5.16 Å². The molecule has 1 aromatic heterocycles. The molecule has 0 atom stereocenters. The summed E-state index contributed by atoms with van der Waals surface area (Å²) in [5.41, 5.74) is 2.14. The van der Waals surface area contributed by atoms with E-state index in [0.717, 1.165) is 5.56 Å². The van der Waals surface area contributed by atoms with Gasteiger partial charge in [-0.15, -0.1) is 0 Å². The molecule has 0 aliphatic rings. The molecule has 4 nitrogen and oxygen atoms in total. The molecule has 4 heteroatoms. The van der Waals surface area contributed by atoms with Crippen molar-refractivity contribution in [1.29, 1.82) is 10.5 Å². The van der Waals surface area contributed by atoms with Crippen molar-refractivity contribution in [3.8, 4) is 23.4 Å². The molecule has 76 valence electrons. The minimum atomic E-state index is 0.212. The Labute approximate surface area is 92.3 Å². The Kier molecular flexibility index (Phi) is 2.67. The van der Waals surface area contributed by atoms with Crippen molar-refractivity contribution >= 4 is 0 Å². The Bertz CT molecular complexity index is 570. The third-order valence-electron chi connectivity index (χ3n) is 2.12. The summed E-state index contributed by atoms with van der Waals surface area (Å²) in [6.07, 6.45) is 0.212. The summed E-state index contributed by atoms with van der Waals surface area (Å²) in [4.78, 5) is 0. The fraction of sp³-hybridized carbons (Fsp3) is 0.0833. The first-order chi connectivity index (χ1) is 7.83. The summed E-state index contributed by atoms with van der Waals surface area (Å²) in [6, 6.07) is 12.8. The van der Waals surface area contributed by atoms with Crippen molar-refractivity contribution in [3.63, 3.8) is 0 Å². The molecule has 0 aliphatic heterocycles. The van der Waals surface area contributed by atoms with Crippen LogP contribution >= 0.6 is 0 Å². The van der Waals surface area contributed by atoms with Gasteiger partial charge in [0.1, 0.15) is 5.69 Å². The van der Waals surface area contributed by atoms with Crippen molar-refractivity contribution in [1.82, 2.24) is 5.16 Å². The number of aromatic nitrogens is 1. The molecule has 0 fully saturated rings. The van der Waals surface area contributed by atoms with Crippen LogP contribution in [0, 0.1) is 22.7 Å². The molecule has 0 saturated carbocycles. The van der Waals surface area contributed by atoms with Crippen LogP contribution in [-0.2, 0) is 6.42 Å². The molecule has 0 N–H and O–H groups in total. The second kappa shape index (κ2) is 4.29. The Morgan fingerprint density at radius 3 is 2.56 bits per heavy atom. The molecule has 0 spiro atoms. The minimum Gasteiger partial charge on any atom is -0.360 e. The van der Waals surface area contributed by atoms with Gasteiger partial charge in [0.15, 0.2) is 5.76 Å². The molecule has 0 saturated heterocycles. The summed E-state index contributed by atoms with van der Waals surface area (Å²) in [6.45, 7) is 0. The summed E-state index contributed by atoms with van der Waals surface area (Å²) in [7, 11) is 0. The van der Waals surface area contributed by atoms with Crippen molar-refractivity contribution < 1.29 is 4.52 Å². The predicted molar refractivity (Wildman–Crippen MR) is 56.0 cm³/mol. The zero-order valence-corrected chi connectivity index (χ0v) is 8.34. The molecule has 1 aromatic carbocycles. The summed E-state index contributed by atoms with van der Waals surface area (Å²) in [5.74, 6) is 0.543. The molecular weight excluding hydrogens is 202 g/mol. The maximum atomic E-state index is 8.65. The Morgan fingerprint density at radius 2 is 1.94 bits per heavy atom. The molecule has 0 aliphatic carbocycles. The van der Waals surface area contributed by atoms with Crippen LogP contribution < -0.4 is 0 Å². The van der Waals surface area contributed by atoms with Crippen LogP contribution in [0.1, 0.15) is 11.3 Å². The van der Waals surface area contributed by atoms with E-state index in [1.54, 1.807) is 30.3 Å². The highest BCUT2D eigenvalue weighted by Crippen LogP contribution is 2.19. The monoisotopic (exact) mass is 209 g/mol. The molecule has 2 rings (SSSR count). The SMILES string of the molecule is N#CCc1cc(-c2ccc(C#N)cc2)no1. The van der Waals surface area contributed by atoms with Crippen LogP contribution in [0.5, 0.6) is 0 Å². The van der Waals surface area contributed by atoms with Crippen LogP contribution in [0.2, 0.25) is 0 Å². The molecule has 2 aromatic rings. The van der Waals surface area contributed by atoms with Crippen LogP contribution in [0.3, 0.4) is 0 Å². The minimum absolute atomic E-state index is 0.212. The topological polar surface area (TPSA) is 73.6 Å². The maximum absolute atomic E-state index is 8.65. The smallest absolute Gasteiger partial charge is 0.151 e. The van der Waals surface area contributed by atoms with E-state index in [9.17, 15) is 0 Å². The molecule has 1 heterocycles. The first-order valence-corrected chi connectivity index (χ1v) is 4.66. The Hall–Kier alpha value is -2.59. The van der Waals surface area contributed by atoms with Gasteiger partial charge in [-0.1, -0.05) is 17.3 Å². The van der Waals surface area contributed by atoms with Crippen LogP contribution in [0.15, 0.2) is 34.9 Å². The van der Waals surface area contributed by atoms with Crippen molar-refractivity contribution in [2.45, 2.75) is 6.42 Å². The third-order valence-corrected chi connectivity index (χ3v) is 2.12. The van der Waals surface area contributed by atoms with E-state index < -0.39 is 0 Å². The van der Waals surface area contributed by atoms with Gasteiger partial charge in [0, 0.05) is 11.6 Å². The van der Waals surface area contributed by atoms with Crippen molar-refractivity contribution in [3.05, 3.63) is 41.7 Å². The van der Waals surface area contributed by atoms with E-state index in [1.807, 2.05) is 12.1 Å².